The summed E-state index contributed by atoms with van der Waals surface area (Å²) < 4.78 is 16.6. The molecule has 4 heterocycles. The molecule has 174 valence electrons. The lowest BCUT2D eigenvalue weighted by atomic mass is 9.84. The third kappa shape index (κ3) is 5.05. The van der Waals surface area contributed by atoms with Crippen LogP contribution in [0.1, 0.15) is 47.6 Å². The Balaban J connectivity index is 1.20. The number of carbonyl (C=O) groups is 1. The number of piperidine rings is 1. The van der Waals surface area contributed by atoms with Crippen LogP contribution in [0.25, 0.3) is 17.0 Å². The van der Waals surface area contributed by atoms with Gasteiger partial charge >= 0.3 is 0 Å². The van der Waals surface area contributed by atoms with E-state index in [9.17, 15) is 9.90 Å². The highest BCUT2D eigenvalue weighted by molar-refractivity contribution is 5.96. The Morgan fingerprint density at radius 1 is 1.24 bits per heavy atom. The molecule has 1 aromatic carbocycles. The molecule has 0 radical (unpaired) electrons. The molecule has 0 aliphatic carbocycles. The van der Waals surface area contributed by atoms with Crippen LogP contribution in [0.2, 0.25) is 0 Å². The molecular weight excluding hydrogens is 420 g/mol. The van der Waals surface area contributed by atoms with E-state index in [1.807, 2.05) is 36.4 Å². The molecule has 2 aliphatic rings. The van der Waals surface area contributed by atoms with Crippen molar-refractivity contribution >= 4 is 23.0 Å². The number of nitrogens with zero attached hydrogens (tertiary/aromatic N) is 1. The van der Waals surface area contributed by atoms with Crippen LogP contribution < -0.4 is 5.32 Å². The summed E-state index contributed by atoms with van der Waals surface area (Å²) in [6.07, 6.45) is 9.13. The van der Waals surface area contributed by atoms with Crippen molar-refractivity contribution in [2.45, 2.75) is 37.4 Å². The highest BCUT2D eigenvalue weighted by Gasteiger charge is 2.34. The Morgan fingerprint density at radius 2 is 2.12 bits per heavy atom. The van der Waals surface area contributed by atoms with Gasteiger partial charge in [0.25, 0.3) is 5.91 Å². The van der Waals surface area contributed by atoms with Crippen LogP contribution in [0.5, 0.6) is 0 Å². The molecule has 7 nitrogen and oxygen atoms in total. The molecule has 2 N–H and O–H groups in total. The monoisotopic (exact) mass is 450 g/mol. The lowest BCUT2D eigenvalue weighted by Crippen LogP contribution is -2.42. The van der Waals surface area contributed by atoms with Crippen molar-refractivity contribution in [3.8, 4) is 0 Å². The molecular formula is C26H30N2O5. The minimum Gasteiger partial charge on any atom is -0.465 e. The molecule has 33 heavy (non-hydrogen) atoms. The fourth-order valence-electron chi connectivity index (χ4n) is 4.64. The molecule has 2 aliphatic heterocycles. The molecule has 2 aromatic heterocycles. The van der Waals surface area contributed by atoms with Gasteiger partial charge in [-0.2, -0.15) is 0 Å². The first-order valence-corrected chi connectivity index (χ1v) is 11.7. The van der Waals surface area contributed by atoms with Crippen molar-refractivity contribution in [1.82, 2.24) is 10.2 Å². The summed E-state index contributed by atoms with van der Waals surface area (Å²) in [5.41, 5.74) is 0.632. The smallest absolute Gasteiger partial charge is 0.287 e. The number of ether oxygens (including phenoxy) is 1. The molecule has 2 saturated heterocycles. The lowest BCUT2D eigenvalue weighted by molar-refractivity contribution is -0.0232. The minimum absolute atomic E-state index is 0.0886. The predicted molar refractivity (Wildman–Crippen MR) is 125 cm³/mol. The third-order valence-corrected chi connectivity index (χ3v) is 6.66. The fraction of sp³-hybridized carbons (Fsp3) is 0.423. The Bertz CT molecular complexity index is 1100. The molecule has 0 spiro atoms. The molecule has 3 aromatic rings. The Hall–Kier alpha value is -2.87. The summed E-state index contributed by atoms with van der Waals surface area (Å²) in [5.74, 6) is 0.889. The van der Waals surface area contributed by atoms with Crippen LogP contribution in [0, 0.1) is 0 Å². The van der Waals surface area contributed by atoms with E-state index in [4.69, 9.17) is 13.6 Å². The zero-order chi connectivity index (χ0) is 22.7. The average molecular weight is 451 g/mol. The van der Waals surface area contributed by atoms with E-state index in [0.29, 0.717) is 25.0 Å². The van der Waals surface area contributed by atoms with Crippen molar-refractivity contribution in [2.75, 3.05) is 32.8 Å². The number of nitrogens with one attached hydrogen (secondary N) is 1. The number of hydrogen-bond donors (Lipinski definition) is 2. The molecule has 5 rings (SSSR count). The van der Waals surface area contributed by atoms with Gasteiger partial charge in [0.2, 0.25) is 0 Å². The van der Waals surface area contributed by atoms with Crippen molar-refractivity contribution in [1.29, 1.82) is 0 Å². The number of rotatable bonds is 7. The van der Waals surface area contributed by atoms with E-state index in [1.165, 1.54) is 0 Å². The average Bonchev–Trinajstić information content (AvgIpc) is 3.60. The standard InChI is InChI=1S/C26H30N2O5/c29-25(27-18-22-6-3-15-32-22)24-17-19-16-20(7-8-23(19)33-24)26(30)9-12-28(13-10-26)11-1-4-21-5-2-14-31-21/h1-2,4-5,7-8,14,16-17,22,30H,3,6,9-13,15,18H2,(H,27,29)/b4-1+. The van der Waals surface area contributed by atoms with E-state index in [1.54, 1.807) is 12.3 Å². The zero-order valence-electron chi connectivity index (χ0n) is 18.7. The van der Waals surface area contributed by atoms with Gasteiger partial charge in [0.1, 0.15) is 11.3 Å². The van der Waals surface area contributed by atoms with Crippen LogP contribution in [-0.4, -0.2) is 54.8 Å². The quantitative estimate of drug-likeness (QED) is 0.567. The Labute approximate surface area is 193 Å². The maximum atomic E-state index is 12.5. The van der Waals surface area contributed by atoms with Crippen LogP contribution in [0.3, 0.4) is 0 Å². The van der Waals surface area contributed by atoms with E-state index in [0.717, 1.165) is 55.8 Å². The molecule has 7 heteroatoms. The van der Waals surface area contributed by atoms with Gasteiger partial charge in [-0.3, -0.25) is 9.69 Å². The number of hydrogen-bond acceptors (Lipinski definition) is 6. The van der Waals surface area contributed by atoms with Crippen molar-refractivity contribution < 1.29 is 23.5 Å². The second-order valence-corrected chi connectivity index (χ2v) is 8.96. The van der Waals surface area contributed by atoms with E-state index >= 15 is 0 Å². The molecule has 1 unspecified atom stereocenters. The minimum atomic E-state index is -0.880. The summed E-state index contributed by atoms with van der Waals surface area (Å²) in [5, 5.41) is 15.1. The summed E-state index contributed by atoms with van der Waals surface area (Å²) in [4.78, 5) is 14.8. The first-order chi connectivity index (χ1) is 16.1. The van der Waals surface area contributed by atoms with Crippen molar-refractivity contribution in [3.05, 3.63) is 65.8 Å². The number of fused-ring (bicyclic) bond motifs is 1. The first kappa shape index (κ1) is 21.9. The van der Waals surface area contributed by atoms with Gasteiger partial charge in [-0.25, -0.2) is 0 Å². The van der Waals surface area contributed by atoms with Crippen LogP contribution in [0.15, 0.2) is 57.6 Å². The number of amides is 1. The normalized spacial score (nSPS) is 21.2. The van der Waals surface area contributed by atoms with Crippen LogP contribution in [0.4, 0.5) is 0 Å². The van der Waals surface area contributed by atoms with Gasteiger partial charge in [-0.15, -0.1) is 0 Å². The molecule has 1 atom stereocenters. The number of furan rings is 2. The summed E-state index contributed by atoms with van der Waals surface area (Å²) in [6.45, 7) is 3.69. The second-order valence-electron chi connectivity index (χ2n) is 8.96. The summed E-state index contributed by atoms with van der Waals surface area (Å²) in [7, 11) is 0. The number of benzene rings is 1. The van der Waals surface area contributed by atoms with Crippen LogP contribution >= 0.6 is 0 Å². The van der Waals surface area contributed by atoms with Gasteiger partial charge in [-0.05, 0) is 67.7 Å². The largest absolute Gasteiger partial charge is 0.465 e. The van der Waals surface area contributed by atoms with Gasteiger partial charge < -0.3 is 24.0 Å². The zero-order valence-corrected chi connectivity index (χ0v) is 18.7. The Morgan fingerprint density at radius 3 is 2.88 bits per heavy atom. The van der Waals surface area contributed by atoms with Gasteiger partial charge in [0, 0.05) is 38.2 Å². The number of aliphatic hydroxyl groups is 1. The van der Waals surface area contributed by atoms with E-state index < -0.39 is 5.60 Å². The van der Waals surface area contributed by atoms with Gasteiger partial charge in [-0.1, -0.05) is 12.1 Å². The van der Waals surface area contributed by atoms with E-state index in [2.05, 4.69) is 16.3 Å². The maximum Gasteiger partial charge on any atom is 0.287 e. The molecule has 0 bridgehead atoms. The van der Waals surface area contributed by atoms with Gasteiger partial charge in [0.15, 0.2) is 5.76 Å². The SMILES string of the molecule is O=C(NCC1CCCO1)c1cc2cc(C3(O)CCN(C/C=C/c4ccco4)CC3)ccc2o1. The van der Waals surface area contributed by atoms with Crippen molar-refractivity contribution in [3.63, 3.8) is 0 Å². The summed E-state index contributed by atoms with van der Waals surface area (Å²) in [6, 6.07) is 11.3. The number of likely N-dealkylation sites (tertiary alicyclic amines) is 1. The highest BCUT2D eigenvalue weighted by atomic mass is 16.5. The van der Waals surface area contributed by atoms with E-state index in [-0.39, 0.29) is 17.8 Å². The third-order valence-electron chi connectivity index (χ3n) is 6.66. The Kier molecular flexibility index (Phi) is 6.35. The highest BCUT2D eigenvalue weighted by Crippen LogP contribution is 2.35. The summed E-state index contributed by atoms with van der Waals surface area (Å²) >= 11 is 0. The predicted octanol–water partition coefficient (Wildman–Crippen LogP) is 3.93. The van der Waals surface area contributed by atoms with Crippen LogP contribution in [-0.2, 0) is 10.3 Å². The second kappa shape index (κ2) is 9.55. The topological polar surface area (TPSA) is 88.1 Å². The lowest BCUT2D eigenvalue weighted by Gasteiger charge is -2.38. The maximum absolute atomic E-state index is 12.5. The number of carbonyl (C=O) groups excluding carboxylic acids is 1. The first-order valence-electron chi connectivity index (χ1n) is 11.7. The van der Waals surface area contributed by atoms with Gasteiger partial charge in [0.05, 0.1) is 18.0 Å². The fourth-order valence-corrected chi connectivity index (χ4v) is 4.64. The molecule has 0 saturated carbocycles. The molecule has 1 amide bonds. The molecule has 2 fully saturated rings. The van der Waals surface area contributed by atoms with Crippen molar-refractivity contribution in [2.24, 2.45) is 0 Å².